The summed E-state index contributed by atoms with van der Waals surface area (Å²) in [6, 6.07) is 2.02. The Hall–Kier alpha value is -1.74. The smallest absolute Gasteiger partial charge is 0.298 e. The molecule has 0 amide bonds. The van der Waals surface area contributed by atoms with Crippen molar-refractivity contribution in [3.8, 4) is 5.75 Å². The summed E-state index contributed by atoms with van der Waals surface area (Å²) in [5.41, 5.74) is -2.31. The highest BCUT2D eigenvalue weighted by molar-refractivity contribution is 9.13. The molecule has 2 rings (SSSR count). The van der Waals surface area contributed by atoms with Crippen LogP contribution in [-0.2, 0) is 0 Å². The van der Waals surface area contributed by atoms with Crippen molar-refractivity contribution in [2.24, 2.45) is 0 Å². The zero-order valence-corrected chi connectivity index (χ0v) is 12.1. The number of hydrogen-bond donors (Lipinski definition) is 2. The van der Waals surface area contributed by atoms with E-state index >= 15 is 0 Å². The minimum atomic E-state index is -0.992. The maximum absolute atomic E-state index is 11.9. The quantitative estimate of drug-likeness (QED) is 0.570. The highest BCUT2D eigenvalue weighted by Crippen LogP contribution is 2.37. The van der Waals surface area contributed by atoms with Gasteiger partial charge in [0.05, 0.1) is 10.4 Å². The largest absolute Gasteiger partial charge is 0.504 e. The van der Waals surface area contributed by atoms with Crippen molar-refractivity contribution in [2.75, 3.05) is 0 Å². The van der Waals surface area contributed by atoms with Crippen molar-refractivity contribution in [2.45, 2.75) is 0 Å². The second-order valence-corrected chi connectivity index (χ2v) is 5.20. The second kappa shape index (κ2) is 4.74. The fourth-order valence-electron chi connectivity index (χ4n) is 1.60. The molecule has 0 saturated carbocycles. The third-order valence-electron chi connectivity index (χ3n) is 2.36. The van der Waals surface area contributed by atoms with E-state index in [4.69, 9.17) is 0 Å². The number of nitro benzene ring substituents is 1. The van der Waals surface area contributed by atoms with Gasteiger partial charge in [0.1, 0.15) is 9.86 Å². The molecule has 7 nitrogen and oxygen atoms in total. The standard InChI is InChI=1S/C10H4Br2N2O5/c11-3-1-4-7(9(8(3)12)14(18)19)10(17)5(15)2-6(16)13-4/h1-2H,(H,13,16)(H,15,17). The third-order valence-corrected chi connectivity index (χ3v) is 4.32. The molecule has 0 aliphatic rings. The van der Waals surface area contributed by atoms with Crippen LogP contribution >= 0.6 is 31.9 Å². The lowest BCUT2D eigenvalue weighted by Crippen LogP contribution is -2.03. The Morgan fingerprint density at radius 3 is 2.47 bits per heavy atom. The van der Waals surface area contributed by atoms with Gasteiger partial charge >= 0.3 is 0 Å². The van der Waals surface area contributed by atoms with Crippen molar-refractivity contribution in [1.29, 1.82) is 0 Å². The van der Waals surface area contributed by atoms with Crippen molar-refractivity contribution in [1.82, 2.24) is 4.98 Å². The van der Waals surface area contributed by atoms with E-state index in [2.05, 4.69) is 36.8 Å². The number of aromatic nitrogens is 1. The minimum absolute atomic E-state index is 0.0444. The van der Waals surface area contributed by atoms with Gasteiger partial charge in [-0.2, -0.15) is 0 Å². The van der Waals surface area contributed by atoms with Crippen LogP contribution in [-0.4, -0.2) is 15.0 Å². The first-order chi connectivity index (χ1) is 8.82. The van der Waals surface area contributed by atoms with E-state index in [9.17, 15) is 24.8 Å². The molecule has 0 atom stereocenters. The molecule has 19 heavy (non-hydrogen) atoms. The van der Waals surface area contributed by atoms with Crippen LogP contribution in [0.25, 0.3) is 10.9 Å². The number of nitro groups is 1. The molecular formula is C10H4Br2N2O5. The third kappa shape index (κ3) is 2.26. The SMILES string of the molecule is O=c1cc(O)c(=O)c2c([N+](=O)[O-])c(Br)c(Br)cc2[nH]1. The first-order valence-electron chi connectivity index (χ1n) is 4.75. The van der Waals surface area contributed by atoms with Gasteiger partial charge in [-0.05, 0) is 37.9 Å². The molecule has 2 aromatic rings. The average Bonchev–Trinajstić information content (AvgIpc) is 2.39. The van der Waals surface area contributed by atoms with Gasteiger partial charge in [-0.25, -0.2) is 0 Å². The average molecular weight is 392 g/mol. The molecule has 0 aliphatic heterocycles. The van der Waals surface area contributed by atoms with Crippen LogP contribution in [0.3, 0.4) is 0 Å². The summed E-state index contributed by atoms with van der Waals surface area (Å²) < 4.78 is 0.348. The molecular weight excluding hydrogens is 388 g/mol. The van der Waals surface area contributed by atoms with Crippen molar-refractivity contribution >= 4 is 48.5 Å². The molecule has 0 unspecified atom stereocenters. The van der Waals surface area contributed by atoms with E-state index in [0.717, 1.165) is 0 Å². The highest BCUT2D eigenvalue weighted by atomic mass is 79.9. The molecule has 0 fully saturated rings. The topological polar surface area (TPSA) is 113 Å². The molecule has 2 N–H and O–H groups in total. The number of H-pyrrole nitrogens is 1. The monoisotopic (exact) mass is 390 g/mol. The minimum Gasteiger partial charge on any atom is -0.504 e. The van der Waals surface area contributed by atoms with E-state index in [-0.39, 0.29) is 15.4 Å². The Morgan fingerprint density at radius 2 is 1.89 bits per heavy atom. The molecule has 1 heterocycles. The van der Waals surface area contributed by atoms with Gasteiger partial charge in [-0.3, -0.25) is 19.7 Å². The van der Waals surface area contributed by atoms with E-state index < -0.39 is 27.3 Å². The van der Waals surface area contributed by atoms with Gasteiger partial charge in [0.2, 0.25) is 5.43 Å². The summed E-state index contributed by atoms with van der Waals surface area (Å²) in [7, 11) is 0. The number of benzene rings is 1. The number of hydrogen-bond acceptors (Lipinski definition) is 5. The lowest BCUT2D eigenvalue weighted by Gasteiger charge is -2.01. The lowest BCUT2D eigenvalue weighted by molar-refractivity contribution is -0.384. The number of aromatic amines is 1. The number of fused-ring (bicyclic) bond motifs is 1. The number of nitrogens with zero attached hydrogens (tertiary/aromatic N) is 1. The molecule has 9 heteroatoms. The fraction of sp³-hybridized carbons (Fsp3) is 0. The van der Waals surface area contributed by atoms with E-state index in [1.165, 1.54) is 6.07 Å². The zero-order chi connectivity index (χ0) is 14.3. The first kappa shape index (κ1) is 13.7. The van der Waals surface area contributed by atoms with Crippen molar-refractivity contribution in [3.63, 3.8) is 0 Å². The van der Waals surface area contributed by atoms with Crippen LogP contribution in [0.5, 0.6) is 5.75 Å². The Bertz CT molecular complexity index is 831. The molecule has 0 spiro atoms. The molecule has 0 aliphatic carbocycles. The summed E-state index contributed by atoms with van der Waals surface area (Å²) in [4.78, 5) is 35.9. The molecule has 98 valence electrons. The summed E-state index contributed by atoms with van der Waals surface area (Å²) in [6.07, 6.45) is 0. The van der Waals surface area contributed by atoms with Gasteiger partial charge in [-0.15, -0.1) is 0 Å². The molecule has 0 saturated heterocycles. The predicted molar refractivity (Wildman–Crippen MR) is 74.6 cm³/mol. The van der Waals surface area contributed by atoms with Crippen LogP contribution in [0.2, 0.25) is 0 Å². The van der Waals surface area contributed by atoms with Gasteiger partial charge in [-0.1, -0.05) is 0 Å². The Labute approximate surface area is 121 Å². The van der Waals surface area contributed by atoms with Crippen LogP contribution in [0.4, 0.5) is 5.69 Å². The van der Waals surface area contributed by atoms with Crippen molar-refractivity contribution < 1.29 is 10.0 Å². The van der Waals surface area contributed by atoms with E-state index in [1.807, 2.05) is 0 Å². The summed E-state index contributed by atoms with van der Waals surface area (Å²) >= 11 is 6.07. The molecule has 0 radical (unpaired) electrons. The molecule has 0 bridgehead atoms. The fourth-order valence-corrected chi connectivity index (χ4v) is 2.47. The zero-order valence-electron chi connectivity index (χ0n) is 8.94. The van der Waals surface area contributed by atoms with Gasteiger partial charge in [0, 0.05) is 10.5 Å². The number of rotatable bonds is 1. The van der Waals surface area contributed by atoms with E-state index in [1.54, 1.807) is 0 Å². The maximum atomic E-state index is 11.9. The molecule has 1 aromatic carbocycles. The summed E-state index contributed by atoms with van der Waals surface area (Å²) in [5, 5.41) is 20.1. The number of nitrogens with one attached hydrogen (secondary N) is 1. The predicted octanol–water partition coefficient (Wildman–Crippen LogP) is 2.03. The van der Waals surface area contributed by atoms with Gasteiger partial charge < -0.3 is 10.1 Å². The summed E-state index contributed by atoms with van der Waals surface area (Å²) in [5.74, 6) is -0.853. The molecule has 1 aromatic heterocycles. The van der Waals surface area contributed by atoms with Crippen LogP contribution in [0.15, 0.2) is 30.7 Å². The maximum Gasteiger partial charge on any atom is 0.298 e. The Balaban J connectivity index is 3.27. The number of halogens is 2. The first-order valence-corrected chi connectivity index (χ1v) is 6.34. The Morgan fingerprint density at radius 1 is 1.26 bits per heavy atom. The Kier molecular flexibility index (Phi) is 3.42. The summed E-state index contributed by atoms with van der Waals surface area (Å²) in [6.45, 7) is 0. The van der Waals surface area contributed by atoms with Gasteiger partial charge in [0.25, 0.3) is 11.2 Å². The van der Waals surface area contributed by atoms with E-state index in [0.29, 0.717) is 10.5 Å². The second-order valence-electron chi connectivity index (χ2n) is 3.55. The van der Waals surface area contributed by atoms with Crippen molar-refractivity contribution in [3.05, 3.63) is 51.8 Å². The van der Waals surface area contributed by atoms with Crippen LogP contribution in [0.1, 0.15) is 0 Å². The normalized spacial score (nSPS) is 10.6. The number of aromatic hydroxyl groups is 1. The lowest BCUT2D eigenvalue weighted by atomic mass is 10.2. The van der Waals surface area contributed by atoms with Crippen LogP contribution < -0.4 is 11.0 Å². The van der Waals surface area contributed by atoms with Crippen LogP contribution in [0, 0.1) is 10.1 Å². The van der Waals surface area contributed by atoms with Gasteiger partial charge in [0.15, 0.2) is 5.75 Å². The highest BCUT2D eigenvalue weighted by Gasteiger charge is 2.23.